The molecule has 2 heterocycles. The van der Waals surface area contributed by atoms with Crippen molar-refractivity contribution >= 4 is 58.8 Å². The first-order valence-electron chi connectivity index (χ1n) is 18.3. The molecule has 292 valence electrons. The Bertz CT molecular complexity index is 2330. The van der Waals surface area contributed by atoms with Gasteiger partial charge in [0.25, 0.3) is 0 Å². The van der Waals surface area contributed by atoms with Crippen molar-refractivity contribution in [2.24, 2.45) is 0 Å². The summed E-state index contributed by atoms with van der Waals surface area (Å²) in [7, 11) is 3.39. The summed E-state index contributed by atoms with van der Waals surface area (Å²) >= 11 is 7.24. The molecule has 0 radical (unpaired) electrons. The molecule has 8 rings (SSSR count). The third-order valence-electron chi connectivity index (χ3n) is 8.04. The fourth-order valence-electron chi connectivity index (χ4n) is 5.27. The minimum atomic E-state index is 0. The van der Waals surface area contributed by atoms with E-state index in [1.807, 2.05) is 76.2 Å². The number of benzene rings is 6. The number of phenolic OH excluding ortho intramolecular Hbond substituents is 1. The number of ether oxygens (including phenoxy) is 3. The summed E-state index contributed by atoms with van der Waals surface area (Å²) in [5.41, 5.74) is 4.94. The number of methoxy groups -OCH3 is 2. The monoisotopic (exact) mass is 848 g/mol. The molecule has 4 nitrogen and oxygen atoms in total. The Balaban J connectivity index is 0.000000239. The topological polar surface area (TPSA) is 47.9 Å². The highest BCUT2D eigenvalue weighted by Crippen LogP contribution is 2.47. The molecule has 0 saturated heterocycles. The van der Waals surface area contributed by atoms with Gasteiger partial charge in [0.05, 0.1) is 19.1 Å². The van der Waals surface area contributed by atoms with Gasteiger partial charge in [0.15, 0.2) is 5.75 Å². The maximum atomic E-state index is 8.63. The van der Waals surface area contributed by atoms with Crippen LogP contribution in [0.3, 0.4) is 0 Å². The Morgan fingerprint density at radius 3 is 1.39 bits per heavy atom. The van der Waals surface area contributed by atoms with Crippen LogP contribution in [0.25, 0.3) is 41.1 Å². The van der Waals surface area contributed by atoms with E-state index in [0.29, 0.717) is 5.75 Å². The molecule has 0 spiro atoms. The Morgan fingerprint density at radius 2 is 0.929 bits per heavy atom. The van der Waals surface area contributed by atoms with Gasteiger partial charge in [-0.3, -0.25) is 0 Å². The average molecular weight is 850 g/mol. The van der Waals surface area contributed by atoms with Crippen LogP contribution >= 0.6 is 38.6 Å². The maximum absolute atomic E-state index is 8.63. The number of para-hydroxylation sites is 2. The molecule has 7 heteroatoms. The second-order valence-electron chi connectivity index (χ2n) is 11.7. The van der Waals surface area contributed by atoms with Crippen LogP contribution in [0.4, 0.5) is 0 Å². The van der Waals surface area contributed by atoms with E-state index in [-0.39, 0.29) is 7.43 Å². The van der Waals surface area contributed by atoms with Gasteiger partial charge in [-0.25, -0.2) is 0 Å². The second kappa shape index (κ2) is 23.1. The highest BCUT2D eigenvalue weighted by Gasteiger charge is 2.17. The standard InChI is InChI=1S/C22H18O2S.C16H13BrOS.C6H6O.2C2H6.CH4/c1-15-8-10-16(11-9-15)22-21(24-17-6-4-3-5-7-17)19-13-12-18(23-2)14-20(19)25-22;1-10-3-5-11(6-4-10)16-15(17)13-8-7-12(18-2)9-14(13)19-16;7-6-4-2-1-3-5-6;2*1-2;/h3-14H,1-2H3;3-9H,1-2H3;1-5,7H;2*1-2H3;1H4. The lowest BCUT2D eigenvalue weighted by molar-refractivity contribution is 0.415. The quantitative estimate of drug-likeness (QED) is 0.181. The number of rotatable bonds is 6. The van der Waals surface area contributed by atoms with Crippen molar-refractivity contribution in [1.82, 2.24) is 0 Å². The molecule has 0 atom stereocenters. The summed E-state index contributed by atoms with van der Waals surface area (Å²) in [6, 6.07) is 48.1. The van der Waals surface area contributed by atoms with Crippen molar-refractivity contribution in [3.63, 3.8) is 0 Å². The Kier molecular flexibility index (Phi) is 18.7. The third kappa shape index (κ3) is 12.0. The molecule has 0 saturated carbocycles. The van der Waals surface area contributed by atoms with E-state index in [0.717, 1.165) is 43.5 Å². The van der Waals surface area contributed by atoms with Crippen LogP contribution in [0.2, 0.25) is 0 Å². The fraction of sp³-hybridized carbons (Fsp3) is 0.184. The zero-order valence-electron chi connectivity index (χ0n) is 32.7. The zero-order chi connectivity index (χ0) is 39.7. The van der Waals surface area contributed by atoms with Gasteiger partial charge < -0.3 is 19.3 Å². The number of hydrogen-bond acceptors (Lipinski definition) is 6. The van der Waals surface area contributed by atoms with Crippen molar-refractivity contribution in [2.45, 2.75) is 49.0 Å². The van der Waals surface area contributed by atoms with Gasteiger partial charge in [-0.2, -0.15) is 0 Å². The number of phenols is 1. The van der Waals surface area contributed by atoms with Crippen molar-refractivity contribution in [1.29, 1.82) is 0 Å². The van der Waals surface area contributed by atoms with Crippen LogP contribution in [0.1, 0.15) is 46.2 Å². The molecule has 1 N–H and O–H groups in total. The summed E-state index contributed by atoms with van der Waals surface area (Å²) < 4.78 is 20.5. The molecule has 56 heavy (non-hydrogen) atoms. The molecule has 0 bridgehead atoms. The highest BCUT2D eigenvalue weighted by atomic mass is 79.9. The molecule has 0 aliphatic carbocycles. The van der Waals surface area contributed by atoms with Gasteiger partial charge in [0, 0.05) is 29.5 Å². The third-order valence-corrected chi connectivity index (χ3v) is 11.5. The van der Waals surface area contributed by atoms with E-state index in [1.165, 1.54) is 36.1 Å². The number of thiophene rings is 2. The summed E-state index contributed by atoms with van der Waals surface area (Å²) in [6.07, 6.45) is 0. The van der Waals surface area contributed by atoms with Gasteiger partial charge in [-0.1, -0.05) is 131 Å². The molecule has 6 aromatic carbocycles. The molecule has 0 aliphatic rings. The summed E-state index contributed by atoms with van der Waals surface area (Å²) in [6.45, 7) is 12.2. The van der Waals surface area contributed by atoms with Crippen molar-refractivity contribution < 1.29 is 19.3 Å². The van der Waals surface area contributed by atoms with E-state index in [2.05, 4.69) is 103 Å². The van der Waals surface area contributed by atoms with Gasteiger partial charge in [-0.05, 0) is 102 Å². The maximum Gasteiger partial charge on any atom is 0.153 e. The van der Waals surface area contributed by atoms with Crippen LogP contribution in [0.5, 0.6) is 28.7 Å². The summed E-state index contributed by atoms with van der Waals surface area (Å²) in [5.74, 6) is 3.82. The molecule has 0 fully saturated rings. The largest absolute Gasteiger partial charge is 0.508 e. The molecule has 0 aliphatic heterocycles. The van der Waals surface area contributed by atoms with E-state index >= 15 is 0 Å². The van der Waals surface area contributed by atoms with Gasteiger partial charge in [0.1, 0.15) is 23.0 Å². The Hall–Kier alpha value is -5.08. The lowest BCUT2D eigenvalue weighted by Gasteiger charge is -2.08. The molecule has 8 aromatic rings. The first-order chi connectivity index (χ1) is 26.8. The predicted octanol–water partition coefficient (Wildman–Crippen LogP) is 16.4. The summed E-state index contributed by atoms with van der Waals surface area (Å²) in [4.78, 5) is 2.40. The molecular weight excluding hydrogens is 797 g/mol. The normalized spacial score (nSPS) is 9.80. The van der Waals surface area contributed by atoms with Gasteiger partial charge in [0.2, 0.25) is 0 Å². The van der Waals surface area contributed by atoms with E-state index in [4.69, 9.17) is 19.3 Å². The molecular formula is C49H53BrO4S2. The smallest absolute Gasteiger partial charge is 0.153 e. The Labute approximate surface area is 350 Å². The van der Waals surface area contributed by atoms with Crippen LogP contribution in [0, 0.1) is 13.8 Å². The lowest BCUT2D eigenvalue weighted by Crippen LogP contribution is -1.86. The number of aryl methyl sites for hydroxylation is 2. The average Bonchev–Trinajstić information content (AvgIpc) is 3.77. The second-order valence-corrected chi connectivity index (χ2v) is 14.6. The SMILES string of the molecule is C.CC.CC.COc1ccc2c(Br)c(-c3ccc(C)cc3)sc2c1.COc1ccc2c(Oc3ccccc3)c(-c3ccc(C)cc3)sc2c1.Oc1ccccc1. The zero-order valence-corrected chi connectivity index (χ0v) is 35.9. The first-order valence-corrected chi connectivity index (χ1v) is 20.7. The fourth-order valence-corrected chi connectivity index (χ4v) is 8.52. The number of aromatic hydroxyl groups is 1. The lowest BCUT2D eigenvalue weighted by atomic mass is 10.1. The first kappa shape index (κ1) is 45.3. The minimum Gasteiger partial charge on any atom is -0.508 e. The molecule has 0 amide bonds. The predicted molar refractivity (Wildman–Crippen MR) is 249 cm³/mol. The number of hydrogen-bond donors (Lipinski definition) is 1. The van der Waals surface area contributed by atoms with Crippen LogP contribution in [0.15, 0.2) is 150 Å². The van der Waals surface area contributed by atoms with Crippen molar-refractivity contribution in [3.05, 3.63) is 161 Å². The van der Waals surface area contributed by atoms with Crippen molar-refractivity contribution in [2.75, 3.05) is 14.2 Å². The van der Waals surface area contributed by atoms with Crippen LogP contribution in [-0.2, 0) is 0 Å². The molecule has 2 aromatic heterocycles. The Morgan fingerprint density at radius 1 is 0.500 bits per heavy atom. The van der Waals surface area contributed by atoms with E-state index in [9.17, 15) is 0 Å². The van der Waals surface area contributed by atoms with E-state index in [1.54, 1.807) is 61.2 Å². The van der Waals surface area contributed by atoms with Crippen LogP contribution in [-0.4, -0.2) is 19.3 Å². The van der Waals surface area contributed by atoms with E-state index < -0.39 is 0 Å². The van der Waals surface area contributed by atoms with Crippen LogP contribution < -0.4 is 14.2 Å². The van der Waals surface area contributed by atoms with Crippen molar-refractivity contribution in [3.8, 4) is 49.6 Å². The molecule has 0 unspecified atom stereocenters. The van der Waals surface area contributed by atoms with Gasteiger partial charge >= 0.3 is 0 Å². The highest BCUT2D eigenvalue weighted by molar-refractivity contribution is 9.10. The minimum absolute atomic E-state index is 0. The van der Waals surface area contributed by atoms with Gasteiger partial charge in [-0.15, -0.1) is 22.7 Å². The summed E-state index contributed by atoms with van der Waals surface area (Å²) in [5, 5.41) is 11.0. The number of halogens is 1. The number of fused-ring (bicyclic) bond motifs is 2.